The van der Waals surface area contributed by atoms with Crippen LogP contribution in [0.5, 0.6) is 11.5 Å². The normalized spacial score (nSPS) is 11.0. The Balaban J connectivity index is 2.35. The Labute approximate surface area is 138 Å². The summed E-state index contributed by atoms with van der Waals surface area (Å²) in [5.41, 5.74) is 15.3. The molecule has 23 heavy (non-hydrogen) atoms. The average Bonchev–Trinajstić information content (AvgIpc) is 2.43. The summed E-state index contributed by atoms with van der Waals surface area (Å²) in [4.78, 5) is 0. The van der Waals surface area contributed by atoms with E-state index in [2.05, 4.69) is 0 Å². The first kappa shape index (κ1) is 17.0. The molecule has 0 unspecified atom stereocenters. The molecule has 0 fully saturated rings. The zero-order chi connectivity index (χ0) is 17.0. The third kappa shape index (κ3) is 4.81. The molecule has 0 radical (unpaired) electrons. The van der Waals surface area contributed by atoms with E-state index >= 15 is 0 Å². The Bertz CT molecular complexity index is 609. The molecular weight excluding hydrogens is 288 g/mol. The van der Waals surface area contributed by atoms with Gasteiger partial charge in [-0.15, -0.1) is 0 Å². The predicted molar refractivity (Wildman–Crippen MR) is 96.0 cm³/mol. The van der Waals surface area contributed by atoms with Gasteiger partial charge in [0.25, 0.3) is 0 Å². The van der Waals surface area contributed by atoms with Gasteiger partial charge in [0, 0.05) is 29.9 Å². The average molecular weight is 314 g/mol. The first-order valence-electron chi connectivity index (χ1n) is 7.95. The molecular formula is C19H26N2O2. The first-order valence-corrected chi connectivity index (χ1v) is 7.95. The largest absolute Gasteiger partial charge is 0.491 e. The van der Waals surface area contributed by atoms with E-state index in [9.17, 15) is 0 Å². The molecule has 4 nitrogen and oxygen atoms in total. The van der Waals surface area contributed by atoms with Crippen LogP contribution in [0.3, 0.4) is 0 Å². The van der Waals surface area contributed by atoms with Crippen molar-refractivity contribution in [3.05, 3.63) is 47.5 Å². The van der Waals surface area contributed by atoms with E-state index in [0.717, 1.165) is 22.6 Å². The number of nitrogens with two attached hydrogens (primary N) is 2. The standard InChI is InChI=1S/C19H26N2O2/c1-12(2)22-18-10-16(20)7-5-14(18)9-15-6-8-17(21)11-19(15)23-13(3)4/h5-8,10-13H,9,20-21H2,1-4H3. The number of nitrogen functional groups attached to an aromatic ring is 2. The van der Waals surface area contributed by atoms with Crippen LogP contribution >= 0.6 is 0 Å². The Hall–Kier alpha value is -2.36. The first-order chi connectivity index (χ1) is 10.8. The molecule has 0 atom stereocenters. The molecule has 0 heterocycles. The zero-order valence-corrected chi connectivity index (χ0v) is 14.3. The second-order valence-electron chi connectivity index (χ2n) is 6.24. The lowest BCUT2D eigenvalue weighted by molar-refractivity contribution is 0.238. The fourth-order valence-electron chi connectivity index (χ4n) is 2.37. The minimum absolute atomic E-state index is 0.0911. The van der Waals surface area contributed by atoms with Crippen molar-refractivity contribution in [2.24, 2.45) is 0 Å². The summed E-state index contributed by atoms with van der Waals surface area (Å²) in [6.07, 6.45) is 0.881. The summed E-state index contributed by atoms with van der Waals surface area (Å²) < 4.78 is 11.8. The van der Waals surface area contributed by atoms with Crippen LogP contribution in [0.4, 0.5) is 11.4 Å². The van der Waals surface area contributed by atoms with Gasteiger partial charge in [-0.1, -0.05) is 12.1 Å². The van der Waals surface area contributed by atoms with Crippen molar-refractivity contribution in [1.82, 2.24) is 0 Å². The van der Waals surface area contributed by atoms with Gasteiger partial charge in [0.05, 0.1) is 12.2 Å². The zero-order valence-electron chi connectivity index (χ0n) is 14.3. The fraction of sp³-hybridized carbons (Fsp3) is 0.368. The molecule has 0 spiro atoms. The maximum Gasteiger partial charge on any atom is 0.125 e. The molecule has 0 aliphatic heterocycles. The lowest BCUT2D eigenvalue weighted by Gasteiger charge is -2.18. The van der Waals surface area contributed by atoms with Gasteiger partial charge in [-0.25, -0.2) is 0 Å². The van der Waals surface area contributed by atoms with Gasteiger partial charge in [0.1, 0.15) is 11.5 Å². The highest BCUT2D eigenvalue weighted by molar-refractivity contribution is 5.53. The molecule has 0 bridgehead atoms. The van der Waals surface area contributed by atoms with Crippen molar-refractivity contribution in [2.75, 3.05) is 11.5 Å². The number of rotatable bonds is 6. The van der Waals surface area contributed by atoms with Gasteiger partial charge in [-0.2, -0.15) is 0 Å². The number of hydrogen-bond acceptors (Lipinski definition) is 4. The lowest BCUT2D eigenvalue weighted by atomic mass is 10.0. The lowest BCUT2D eigenvalue weighted by Crippen LogP contribution is -2.10. The van der Waals surface area contributed by atoms with E-state index in [-0.39, 0.29) is 12.2 Å². The third-order valence-electron chi connectivity index (χ3n) is 3.29. The van der Waals surface area contributed by atoms with Crippen molar-refractivity contribution in [1.29, 1.82) is 0 Å². The molecule has 124 valence electrons. The number of hydrogen-bond donors (Lipinski definition) is 2. The van der Waals surface area contributed by atoms with Crippen molar-refractivity contribution in [3.8, 4) is 11.5 Å². The molecule has 0 amide bonds. The van der Waals surface area contributed by atoms with Gasteiger partial charge in [0.2, 0.25) is 0 Å². The molecule has 2 rings (SSSR count). The van der Waals surface area contributed by atoms with Crippen molar-refractivity contribution in [3.63, 3.8) is 0 Å². The van der Waals surface area contributed by atoms with Crippen LogP contribution in [0.15, 0.2) is 36.4 Å². The Morgan fingerprint density at radius 2 is 1.13 bits per heavy atom. The molecule has 0 aliphatic carbocycles. The number of anilines is 2. The van der Waals surface area contributed by atoms with Gasteiger partial charge in [-0.3, -0.25) is 0 Å². The minimum Gasteiger partial charge on any atom is -0.491 e. The minimum atomic E-state index is 0.0911. The topological polar surface area (TPSA) is 70.5 Å². The molecule has 4 N–H and O–H groups in total. The Kier molecular flexibility index (Phi) is 5.37. The number of ether oxygens (including phenoxy) is 2. The summed E-state index contributed by atoms with van der Waals surface area (Å²) in [6.45, 7) is 8.01. The third-order valence-corrected chi connectivity index (χ3v) is 3.29. The van der Waals surface area contributed by atoms with Crippen LogP contribution < -0.4 is 20.9 Å². The maximum atomic E-state index is 5.90. The SMILES string of the molecule is CC(C)Oc1cc(N)ccc1Cc1ccc(N)cc1OC(C)C. The van der Waals surface area contributed by atoms with E-state index in [1.54, 1.807) is 0 Å². The van der Waals surface area contributed by atoms with Crippen LogP contribution in [0, 0.1) is 0 Å². The smallest absolute Gasteiger partial charge is 0.125 e. The van der Waals surface area contributed by atoms with Gasteiger partial charge < -0.3 is 20.9 Å². The van der Waals surface area contributed by atoms with Gasteiger partial charge in [-0.05, 0) is 51.0 Å². The van der Waals surface area contributed by atoms with Gasteiger partial charge in [0.15, 0.2) is 0 Å². The van der Waals surface area contributed by atoms with E-state index in [4.69, 9.17) is 20.9 Å². The Morgan fingerprint density at radius 3 is 1.48 bits per heavy atom. The van der Waals surface area contributed by atoms with Crippen molar-refractivity contribution in [2.45, 2.75) is 46.3 Å². The van der Waals surface area contributed by atoms with E-state index < -0.39 is 0 Å². The second-order valence-corrected chi connectivity index (χ2v) is 6.24. The van der Waals surface area contributed by atoms with Crippen molar-refractivity contribution >= 4 is 11.4 Å². The van der Waals surface area contributed by atoms with Crippen LogP contribution in [0.1, 0.15) is 38.8 Å². The molecule has 0 aliphatic rings. The fourth-order valence-corrected chi connectivity index (χ4v) is 2.37. The summed E-state index contributed by atoms with van der Waals surface area (Å²) in [5.74, 6) is 1.62. The summed E-state index contributed by atoms with van der Waals surface area (Å²) in [6, 6.07) is 11.5. The monoisotopic (exact) mass is 314 g/mol. The van der Waals surface area contributed by atoms with Crippen LogP contribution in [-0.2, 0) is 6.42 Å². The molecule has 0 saturated heterocycles. The highest BCUT2D eigenvalue weighted by atomic mass is 16.5. The molecule has 2 aromatic rings. The molecule has 2 aromatic carbocycles. The quantitative estimate of drug-likeness (QED) is 0.790. The van der Waals surface area contributed by atoms with E-state index in [0.29, 0.717) is 17.8 Å². The highest BCUT2D eigenvalue weighted by Crippen LogP contribution is 2.30. The maximum absolute atomic E-state index is 5.90. The van der Waals surface area contributed by atoms with Crippen LogP contribution in [-0.4, -0.2) is 12.2 Å². The van der Waals surface area contributed by atoms with E-state index in [1.165, 1.54) is 0 Å². The summed E-state index contributed by atoms with van der Waals surface area (Å²) in [5, 5.41) is 0. The highest BCUT2D eigenvalue weighted by Gasteiger charge is 2.12. The molecule has 0 saturated carbocycles. The Morgan fingerprint density at radius 1 is 0.739 bits per heavy atom. The number of benzene rings is 2. The van der Waals surface area contributed by atoms with Crippen LogP contribution in [0.2, 0.25) is 0 Å². The summed E-state index contributed by atoms with van der Waals surface area (Å²) in [7, 11) is 0. The van der Waals surface area contributed by atoms with Gasteiger partial charge >= 0.3 is 0 Å². The molecule has 0 aromatic heterocycles. The van der Waals surface area contributed by atoms with E-state index in [1.807, 2.05) is 64.1 Å². The second kappa shape index (κ2) is 7.27. The summed E-state index contributed by atoms with van der Waals surface area (Å²) >= 11 is 0. The molecule has 4 heteroatoms. The predicted octanol–water partition coefficient (Wildman–Crippen LogP) is 4.02. The van der Waals surface area contributed by atoms with Crippen molar-refractivity contribution < 1.29 is 9.47 Å². The van der Waals surface area contributed by atoms with Crippen LogP contribution in [0.25, 0.3) is 0 Å².